The summed E-state index contributed by atoms with van der Waals surface area (Å²) < 4.78 is 12.0. The Morgan fingerprint density at radius 3 is 2.25 bits per heavy atom. The molecule has 2 nitrogen and oxygen atoms in total. The minimum Gasteiger partial charge on any atom is -0.350 e. The molecule has 0 aromatic heterocycles. The number of benzene rings is 1. The molecule has 2 heteroatoms. The maximum absolute atomic E-state index is 5.99. The Hall–Kier alpha value is -0.860. The van der Waals surface area contributed by atoms with Gasteiger partial charge in [-0.25, -0.2) is 0 Å². The van der Waals surface area contributed by atoms with Crippen molar-refractivity contribution in [3.8, 4) is 0 Å². The highest BCUT2D eigenvalue weighted by Crippen LogP contribution is 2.31. The first-order valence-corrected chi connectivity index (χ1v) is 8.03. The largest absolute Gasteiger partial charge is 0.350 e. The van der Waals surface area contributed by atoms with E-state index < -0.39 is 0 Å². The standard InChI is InChI=1S/C18H28O2/c1-4-6-12-18(3)19-13-17(14-20-18)16-10-8-15(7-5-2)9-11-16/h8-11,17H,4-7,12-14H2,1-3H3. The minimum absolute atomic E-state index is 0.366. The molecule has 0 N–H and O–H groups in total. The maximum atomic E-state index is 5.99. The van der Waals surface area contributed by atoms with Crippen molar-refractivity contribution in [3.63, 3.8) is 0 Å². The number of unbranched alkanes of at least 4 members (excludes halogenated alkanes) is 1. The van der Waals surface area contributed by atoms with Gasteiger partial charge in [-0.15, -0.1) is 0 Å². The molecule has 0 unspecified atom stereocenters. The lowest BCUT2D eigenvalue weighted by Crippen LogP contribution is -2.40. The fourth-order valence-electron chi connectivity index (χ4n) is 2.72. The van der Waals surface area contributed by atoms with Crippen molar-refractivity contribution in [2.75, 3.05) is 13.2 Å². The summed E-state index contributed by atoms with van der Waals surface area (Å²) in [5, 5.41) is 0. The van der Waals surface area contributed by atoms with Gasteiger partial charge in [0.2, 0.25) is 0 Å². The molecule has 1 aliphatic rings. The molecule has 0 amide bonds. The summed E-state index contributed by atoms with van der Waals surface area (Å²) in [6.07, 6.45) is 5.70. The fourth-order valence-corrected chi connectivity index (χ4v) is 2.72. The van der Waals surface area contributed by atoms with Crippen molar-refractivity contribution in [3.05, 3.63) is 35.4 Å². The van der Waals surface area contributed by atoms with Crippen LogP contribution in [0.15, 0.2) is 24.3 Å². The van der Waals surface area contributed by atoms with E-state index in [0.29, 0.717) is 5.92 Å². The Balaban J connectivity index is 1.89. The Bertz CT molecular complexity index is 388. The van der Waals surface area contributed by atoms with E-state index in [1.54, 1.807) is 0 Å². The maximum Gasteiger partial charge on any atom is 0.165 e. The lowest BCUT2D eigenvalue weighted by Gasteiger charge is -2.38. The predicted octanol–water partition coefficient (Wildman–Crippen LogP) is 4.68. The zero-order chi connectivity index (χ0) is 14.4. The minimum atomic E-state index is -0.366. The number of ether oxygens (including phenoxy) is 2. The van der Waals surface area contributed by atoms with Crippen LogP contribution in [0.5, 0.6) is 0 Å². The highest BCUT2D eigenvalue weighted by molar-refractivity contribution is 5.26. The van der Waals surface area contributed by atoms with Crippen LogP contribution in [0.25, 0.3) is 0 Å². The number of hydrogen-bond donors (Lipinski definition) is 0. The van der Waals surface area contributed by atoms with Gasteiger partial charge in [0.25, 0.3) is 0 Å². The van der Waals surface area contributed by atoms with Gasteiger partial charge in [-0.05, 0) is 30.9 Å². The molecule has 20 heavy (non-hydrogen) atoms. The van der Waals surface area contributed by atoms with E-state index in [0.717, 1.165) is 32.5 Å². The zero-order valence-corrected chi connectivity index (χ0v) is 13.2. The summed E-state index contributed by atoms with van der Waals surface area (Å²) in [6.45, 7) is 8.03. The smallest absolute Gasteiger partial charge is 0.165 e. The second kappa shape index (κ2) is 7.24. The molecule has 1 aliphatic heterocycles. The summed E-state index contributed by atoms with van der Waals surface area (Å²) in [5.74, 6) is 0.00894. The van der Waals surface area contributed by atoms with Gasteiger partial charge in [-0.1, -0.05) is 51.0 Å². The summed E-state index contributed by atoms with van der Waals surface area (Å²) in [6, 6.07) is 8.95. The van der Waals surface area contributed by atoms with Crippen LogP contribution in [0.2, 0.25) is 0 Å². The third-order valence-corrected chi connectivity index (χ3v) is 4.15. The molecular formula is C18H28O2. The van der Waals surface area contributed by atoms with Crippen LogP contribution in [0, 0.1) is 0 Å². The van der Waals surface area contributed by atoms with E-state index in [-0.39, 0.29) is 5.79 Å². The summed E-state index contributed by atoms with van der Waals surface area (Å²) >= 11 is 0. The summed E-state index contributed by atoms with van der Waals surface area (Å²) in [5.41, 5.74) is 2.75. The van der Waals surface area contributed by atoms with Crippen molar-refractivity contribution in [1.29, 1.82) is 0 Å². The van der Waals surface area contributed by atoms with E-state index in [1.165, 1.54) is 24.0 Å². The van der Waals surface area contributed by atoms with Gasteiger partial charge in [-0.3, -0.25) is 0 Å². The third kappa shape index (κ3) is 4.07. The lowest BCUT2D eigenvalue weighted by molar-refractivity contribution is -0.265. The summed E-state index contributed by atoms with van der Waals surface area (Å²) in [4.78, 5) is 0. The quantitative estimate of drug-likeness (QED) is 0.751. The van der Waals surface area contributed by atoms with E-state index in [1.807, 2.05) is 0 Å². The van der Waals surface area contributed by atoms with Crippen LogP contribution >= 0.6 is 0 Å². The van der Waals surface area contributed by atoms with E-state index in [2.05, 4.69) is 45.0 Å². The number of hydrogen-bond acceptors (Lipinski definition) is 2. The van der Waals surface area contributed by atoms with Crippen molar-refractivity contribution in [1.82, 2.24) is 0 Å². The van der Waals surface area contributed by atoms with Crippen LogP contribution in [0.1, 0.15) is 63.5 Å². The molecule has 0 saturated carbocycles. The van der Waals surface area contributed by atoms with Crippen molar-refractivity contribution in [2.45, 2.75) is 64.6 Å². The summed E-state index contributed by atoms with van der Waals surface area (Å²) in [7, 11) is 0. The SMILES string of the molecule is CCCCC1(C)OCC(c2ccc(CCC)cc2)CO1. The first-order valence-electron chi connectivity index (χ1n) is 8.03. The molecule has 1 heterocycles. The predicted molar refractivity (Wildman–Crippen MR) is 83.0 cm³/mol. The van der Waals surface area contributed by atoms with E-state index in [4.69, 9.17) is 9.47 Å². The first kappa shape index (κ1) is 15.5. The van der Waals surface area contributed by atoms with Gasteiger partial charge < -0.3 is 9.47 Å². The molecule has 1 saturated heterocycles. The Kier molecular flexibility index (Phi) is 5.62. The Morgan fingerprint density at radius 1 is 1.05 bits per heavy atom. The fraction of sp³-hybridized carbons (Fsp3) is 0.667. The zero-order valence-electron chi connectivity index (χ0n) is 13.2. The van der Waals surface area contributed by atoms with Gasteiger partial charge in [0.1, 0.15) is 0 Å². The van der Waals surface area contributed by atoms with E-state index in [9.17, 15) is 0 Å². The molecule has 0 aliphatic carbocycles. The van der Waals surface area contributed by atoms with Gasteiger partial charge >= 0.3 is 0 Å². The molecule has 0 bridgehead atoms. The van der Waals surface area contributed by atoms with Crippen molar-refractivity contribution >= 4 is 0 Å². The second-order valence-electron chi connectivity index (χ2n) is 6.05. The van der Waals surface area contributed by atoms with Crippen LogP contribution in [0.3, 0.4) is 0 Å². The third-order valence-electron chi connectivity index (χ3n) is 4.15. The molecule has 0 atom stereocenters. The average Bonchev–Trinajstić information content (AvgIpc) is 2.47. The molecule has 0 spiro atoms. The molecule has 1 aromatic rings. The highest BCUT2D eigenvalue weighted by Gasteiger charge is 2.32. The highest BCUT2D eigenvalue weighted by atomic mass is 16.7. The molecule has 0 radical (unpaired) electrons. The molecule has 2 rings (SSSR count). The van der Waals surface area contributed by atoms with Gasteiger partial charge in [0.05, 0.1) is 13.2 Å². The molecule has 1 fully saturated rings. The number of rotatable bonds is 6. The van der Waals surface area contributed by atoms with Crippen molar-refractivity contribution < 1.29 is 9.47 Å². The first-order chi connectivity index (χ1) is 9.67. The number of aryl methyl sites for hydroxylation is 1. The Morgan fingerprint density at radius 2 is 1.70 bits per heavy atom. The van der Waals surface area contributed by atoms with Crippen LogP contribution < -0.4 is 0 Å². The van der Waals surface area contributed by atoms with E-state index >= 15 is 0 Å². The molecular weight excluding hydrogens is 248 g/mol. The normalized spacial score (nSPS) is 26.6. The topological polar surface area (TPSA) is 18.5 Å². The lowest BCUT2D eigenvalue weighted by atomic mass is 9.97. The van der Waals surface area contributed by atoms with Crippen LogP contribution in [-0.4, -0.2) is 19.0 Å². The Labute approximate surface area is 123 Å². The molecule has 112 valence electrons. The van der Waals surface area contributed by atoms with Gasteiger partial charge in [0.15, 0.2) is 5.79 Å². The second-order valence-corrected chi connectivity index (χ2v) is 6.05. The molecule has 1 aromatic carbocycles. The van der Waals surface area contributed by atoms with Crippen molar-refractivity contribution in [2.24, 2.45) is 0 Å². The monoisotopic (exact) mass is 276 g/mol. The average molecular weight is 276 g/mol. The van der Waals surface area contributed by atoms with Crippen LogP contribution in [0.4, 0.5) is 0 Å². The van der Waals surface area contributed by atoms with Gasteiger partial charge in [-0.2, -0.15) is 0 Å². The van der Waals surface area contributed by atoms with Gasteiger partial charge in [0, 0.05) is 12.3 Å². The van der Waals surface area contributed by atoms with Crippen LogP contribution in [-0.2, 0) is 15.9 Å².